The minimum atomic E-state index is -0.536. The molecule has 0 aliphatic carbocycles. The number of fused-ring (bicyclic) bond motifs is 1. The van der Waals surface area contributed by atoms with Crippen LogP contribution in [0.5, 0.6) is 0 Å². The number of hydrogen-bond acceptors (Lipinski definition) is 5. The lowest BCUT2D eigenvalue weighted by atomic mass is 10.0. The van der Waals surface area contributed by atoms with Crippen molar-refractivity contribution in [2.24, 2.45) is 0 Å². The summed E-state index contributed by atoms with van der Waals surface area (Å²) in [7, 11) is 0. The highest BCUT2D eigenvalue weighted by Gasteiger charge is 2.22. The van der Waals surface area contributed by atoms with E-state index in [1.54, 1.807) is 35.6 Å². The number of carbonyl (C=O) groups excluding carboxylic acids is 1. The monoisotopic (exact) mass is 463 g/mol. The van der Waals surface area contributed by atoms with E-state index in [1.807, 2.05) is 23.6 Å². The minimum absolute atomic E-state index is 0.0698. The van der Waals surface area contributed by atoms with Crippen LogP contribution in [0.25, 0.3) is 31.9 Å². The minimum Gasteiger partial charge on any atom is -0.397 e. The lowest BCUT2D eigenvalue weighted by Gasteiger charge is -2.08. The summed E-state index contributed by atoms with van der Waals surface area (Å²) < 4.78 is 27.5. The van der Waals surface area contributed by atoms with Gasteiger partial charge in [-0.3, -0.25) is 4.79 Å². The molecule has 4 nitrogen and oxygen atoms in total. The van der Waals surface area contributed by atoms with Crippen molar-refractivity contribution >= 4 is 50.2 Å². The second kappa shape index (κ2) is 8.14. The van der Waals surface area contributed by atoms with Gasteiger partial charge in [-0.1, -0.05) is 30.3 Å². The first-order chi connectivity index (χ1) is 15.5. The van der Waals surface area contributed by atoms with Crippen molar-refractivity contribution < 1.29 is 13.6 Å². The van der Waals surface area contributed by atoms with Crippen molar-refractivity contribution in [2.75, 3.05) is 11.1 Å². The van der Waals surface area contributed by atoms with Gasteiger partial charge in [-0.25, -0.2) is 13.8 Å². The molecule has 0 spiro atoms. The van der Waals surface area contributed by atoms with Crippen LogP contribution in [-0.2, 0) is 0 Å². The van der Waals surface area contributed by atoms with Gasteiger partial charge in [0.2, 0.25) is 0 Å². The molecule has 0 aliphatic rings. The standard InChI is InChI=1S/C24H15F2N3OS2/c25-14-9-7-13(8-10-14)15-12-18(19-6-3-11-31-19)29-24-20(15)21(27)22(32-24)23(30)28-17-5-2-1-4-16(17)26/h1-12H,27H2,(H,28,30). The number of amides is 1. The molecule has 5 rings (SSSR count). The molecule has 3 N–H and O–H groups in total. The highest BCUT2D eigenvalue weighted by molar-refractivity contribution is 7.21. The van der Waals surface area contributed by atoms with Gasteiger partial charge < -0.3 is 11.1 Å². The van der Waals surface area contributed by atoms with Crippen molar-refractivity contribution in [1.82, 2.24) is 4.98 Å². The van der Waals surface area contributed by atoms with Crippen LogP contribution < -0.4 is 11.1 Å². The highest BCUT2D eigenvalue weighted by Crippen LogP contribution is 2.42. The molecule has 158 valence electrons. The van der Waals surface area contributed by atoms with Crippen LogP contribution in [-0.4, -0.2) is 10.9 Å². The van der Waals surface area contributed by atoms with Gasteiger partial charge in [0.05, 0.1) is 21.9 Å². The Morgan fingerprint density at radius 3 is 2.50 bits per heavy atom. The first-order valence-electron chi connectivity index (χ1n) is 9.60. The topological polar surface area (TPSA) is 68.0 Å². The van der Waals surface area contributed by atoms with Crippen LogP contribution in [0.3, 0.4) is 0 Å². The first-order valence-corrected chi connectivity index (χ1v) is 11.3. The number of halogens is 2. The zero-order chi connectivity index (χ0) is 22.2. The average molecular weight is 464 g/mol. The van der Waals surface area contributed by atoms with E-state index in [0.29, 0.717) is 10.2 Å². The predicted octanol–water partition coefficient (Wildman–Crippen LogP) is 6.80. The quantitative estimate of drug-likeness (QED) is 0.308. The Labute approximate surface area is 190 Å². The number of pyridine rings is 1. The van der Waals surface area contributed by atoms with E-state index in [4.69, 9.17) is 10.7 Å². The van der Waals surface area contributed by atoms with E-state index in [9.17, 15) is 13.6 Å². The fourth-order valence-electron chi connectivity index (χ4n) is 3.44. The largest absolute Gasteiger partial charge is 0.397 e. The number of nitrogens with one attached hydrogen (secondary N) is 1. The Balaban J connectivity index is 1.68. The summed E-state index contributed by atoms with van der Waals surface area (Å²) >= 11 is 2.68. The summed E-state index contributed by atoms with van der Waals surface area (Å²) in [5.74, 6) is -1.40. The summed E-state index contributed by atoms with van der Waals surface area (Å²) in [6.45, 7) is 0. The van der Waals surface area contributed by atoms with E-state index in [-0.39, 0.29) is 22.1 Å². The number of rotatable bonds is 4. The number of carbonyl (C=O) groups is 1. The Bertz CT molecular complexity index is 1440. The molecule has 0 fully saturated rings. The molecule has 2 aromatic carbocycles. The normalized spacial score (nSPS) is 11.1. The van der Waals surface area contributed by atoms with Gasteiger partial charge in [-0.05, 0) is 52.9 Å². The van der Waals surface area contributed by atoms with E-state index in [1.165, 1.54) is 24.3 Å². The third-order valence-corrected chi connectivity index (χ3v) is 6.95. The molecule has 0 saturated carbocycles. The van der Waals surface area contributed by atoms with Gasteiger partial charge in [-0.2, -0.15) is 0 Å². The molecular formula is C24H15F2N3OS2. The molecule has 8 heteroatoms. The smallest absolute Gasteiger partial charge is 0.268 e. The maximum atomic E-state index is 14.0. The number of nitrogens with zero attached hydrogens (tertiary/aromatic N) is 1. The molecule has 3 aromatic heterocycles. The third-order valence-electron chi connectivity index (χ3n) is 4.96. The zero-order valence-corrected chi connectivity index (χ0v) is 18.1. The van der Waals surface area contributed by atoms with Crippen LogP contribution in [0.2, 0.25) is 0 Å². The number of para-hydroxylation sites is 1. The number of nitrogen functional groups attached to an aromatic ring is 1. The molecule has 3 heterocycles. The van der Waals surface area contributed by atoms with E-state index in [2.05, 4.69) is 5.32 Å². The van der Waals surface area contributed by atoms with Gasteiger partial charge in [0.25, 0.3) is 5.91 Å². The van der Waals surface area contributed by atoms with E-state index in [0.717, 1.165) is 33.0 Å². The van der Waals surface area contributed by atoms with Gasteiger partial charge in [0.15, 0.2) is 0 Å². The molecule has 5 aromatic rings. The number of nitrogens with two attached hydrogens (primary N) is 1. The summed E-state index contributed by atoms with van der Waals surface area (Å²) in [5, 5.41) is 5.14. The summed E-state index contributed by atoms with van der Waals surface area (Å²) in [5.41, 5.74) is 8.97. The number of anilines is 2. The van der Waals surface area contributed by atoms with Crippen molar-refractivity contribution in [3.8, 4) is 21.7 Å². The van der Waals surface area contributed by atoms with Crippen molar-refractivity contribution in [2.45, 2.75) is 0 Å². The van der Waals surface area contributed by atoms with Crippen molar-refractivity contribution in [1.29, 1.82) is 0 Å². The Morgan fingerprint density at radius 2 is 1.78 bits per heavy atom. The molecule has 0 aliphatic heterocycles. The fraction of sp³-hybridized carbons (Fsp3) is 0. The molecule has 32 heavy (non-hydrogen) atoms. The average Bonchev–Trinajstić information content (AvgIpc) is 3.44. The molecule has 0 bridgehead atoms. The zero-order valence-electron chi connectivity index (χ0n) is 16.4. The Morgan fingerprint density at radius 1 is 1.00 bits per heavy atom. The summed E-state index contributed by atoms with van der Waals surface area (Å²) in [6, 6.07) is 17.8. The maximum Gasteiger partial charge on any atom is 0.268 e. The van der Waals surface area contributed by atoms with E-state index >= 15 is 0 Å². The molecule has 1 amide bonds. The molecule has 0 unspecified atom stereocenters. The molecular weight excluding hydrogens is 448 g/mol. The van der Waals surface area contributed by atoms with Crippen LogP contribution in [0.4, 0.5) is 20.2 Å². The number of aromatic nitrogens is 1. The van der Waals surface area contributed by atoms with E-state index < -0.39 is 11.7 Å². The SMILES string of the molecule is Nc1c(C(=O)Nc2ccccc2F)sc2nc(-c3cccs3)cc(-c3ccc(F)cc3)c12. The second-order valence-electron chi connectivity index (χ2n) is 7.00. The molecule has 0 radical (unpaired) electrons. The van der Waals surface area contributed by atoms with Gasteiger partial charge in [0, 0.05) is 5.39 Å². The summed E-state index contributed by atoms with van der Waals surface area (Å²) in [6.07, 6.45) is 0. The Kier molecular flexibility index (Phi) is 5.16. The van der Waals surface area contributed by atoms with Crippen LogP contribution in [0.15, 0.2) is 72.1 Å². The van der Waals surface area contributed by atoms with Crippen LogP contribution >= 0.6 is 22.7 Å². The second-order valence-corrected chi connectivity index (χ2v) is 8.95. The fourth-order valence-corrected chi connectivity index (χ4v) is 5.14. The first kappa shape index (κ1) is 20.3. The lowest BCUT2D eigenvalue weighted by molar-refractivity contribution is 0.103. The molecule has 0 atom stereocenters. The van der Waals surface area contributed by atoms with Gasteiger partial charge >= 0.3 is 0 Å². The molecule has 0 saturated heterocycles. The summed E-state index contributed by atoms with van der Waals surface area (Å²) in [4.78, 5) is 19.4. The maximum absolute atomic E-state index is 14.0. The number of thiophene rings is 2. The third kappa shape index (κ3) is 3.63. The van der Waals surface area contributed by atoms with Crippen molar-refractivity contribution in [3.05, 3.63) is 88.6 Å². The van der Waals surface area contributed by atoms with Gasteiger partial charge in [0.1, 0.15) is 21.3 Å². The van der Waals surface area contributed by atoms with Crippen LogP contribution in [0.1, 0.15) is 9.67 Å². The van der Waals surface area contributed by atoms with Crippen LogP contribution in [0, 0.1) is 11.6 Å². The number of hydrogen-bond donors (Lipinski definition) is 2. The predicted molar refractivity (Wildman–Crippen MR) is 127 cm³/mol. The van der Waals surface area contributed by atoms with Gasteiger partial charge in [-0.15, -0.1) is 22.7 Å². The highest BCUT2D eigenvalue weighted by atomic mass is 32.1. The number of benzene rings is 2. The lowest BCUT2D eigenvalue weighted by Crippen LogP contribution is -2.13. The Hall–Kier alpha value is -3.62. The van der Waals surface area contributed by atoms with Crippen molar-refractivity contribution in [3.63, 3.8) is 0 Å².